The molecule has 76 valence electrons. The lowest BCUT2D eigenvalue weighted by Crippen LogP contribution is -2.46. The number of hydrogen-bond acceptors (Lipinski definition) is 6. The summed E-state index contributed by atoms with van der Waals surface area (Å²) in [5.41, 5.74) is 0. The van der Waals surface area contributed by atoms with Crippen molar-refractivity contribution in [2.75, 3.05) is 6.61 Å². The summed E-state index contributed by atoms with van der Waals surface area (Å²) in [6, 6.07) is 0. The third-order valence-corrected chi connectivity index (χ3v) is 1.90. The van der Waals surface area contributed by atoms with E-state index in [2.05, 4.69) is 4.74 Å². The molecule has 1 saturated heterocycles. The molecule has 0 aromatic carbocycles. The number of aliphatic hydroxyl groups excluding tert-OH is 3. The maximum Gasteiger partial charge on any atom is 0.335 e. The van der Waals surface area contributed by atoms with Crippen molar-refractivity contribution in [3.05, 3.63) is 0 Å². The Morgan fingerprint density at radius 1 is 1.46 bits per heavy atom. The number of carbonyl (C=O) groups is 1. The zero-order chi connectivity index (χ0) is 10.2. The number of carboxylic acid groups (broad SMARTS) is 1. The molecule has 0 bridgehead atoms. The molecule has 0 aromatic heterocycles. The van der Waals surface area contributed by atoms with Gasteiger partial charge in [-0.25, -0.2) is 4.79 Å². The molecule has 0 radical (unpaired) electrons. The van der Waals surface area contributed by atoms with Gasteiger partial charge in [0.15, 0.2) is 6.10 Å². The highest BCUT2D eigenvalue weighted by atomic mass is 16.7. The largest absolute Gasteiger partial charge is 0.479 e. The molecule has 4 unspecified atom stereocenters. The first kappa shape index (κ1) is 10.4. The molecular weight excluding hydrogens is 184 g/mol. The molecule has 1 aliphatic heterocycles. The summed E-state index contributed by atoms with van der Waals surface area (Å²) in [5, 5.41) is 44.4. The molecule has 1 heterocycles. The second-order valence-electron chi connectivity index (χ2n) is 2.82. The maximum atomic E-state index is 10.4. The van der Waals surface area contributed by atoms with Gasteiger partial charge >= 0.3 is 5.97 Å². The molecule has 0 amide bonds. The third-order valence-electron chi connectivity index (χ3n) is 1.90. The molecule has 4 atom stereocenters. The van der Waals surface area contributed by atoms with E-state index in [-0.39, 0.29) is 0 Å². The van der Waals surface area contributed by atoms with Crippen molar-refractivity contribution in [1.29, 1.82) is 0 Å². The topological polar surface area (TPSA) is 127 Å². The molecule has 0 aromatic rings. The van der Waals surface area contributed by atoms with Crippen LogP contribution in [0.2, 0.25) is 0 Å². The summed E-state index contributed by atoms with van der Waals surface area (Å²) in [7, 11) is 0. The zero-order valence-electron chi connectivity index (χ0n) is 6.49. The van der Waals surface area contributed by atoms with Gasteiger partial charge in [-0.1, -0.05) is 0 Å². The SMILES string of the molecule is O=C(O)C1OC(O)(CO)C(O)C1O. The summed E-state index contributed by atoms with van der Waals surface area (Å²) in [4.78, 5) is 10.4. The smallest absolute Gasteiger partial charge is 0.335 e. The van der Waals surface area contributed by atoms with Gasteiger partial charge in [0, 0.05) is 0 Å². The fourth-order valence-electron chi connectivity index (χ4n) is 1.12. The Kier molecular flexibility index (Phi) is 2.55. The van der Waals surface area contributed by atoms with Gasteiger partial charge in [0.05, 0.1) is 6.61 Å². The summed E-state index contributed by atoms with van der Waals surface area (Å²) < 4.78 is 4.39. The van der Waals surface area contributed by atoms with Crippen LogP contribution in [0.1, 0.15) is 0 Å². The Labute approximate surface area is 72.8 Å². The quantitative estimate of drug-likeness (QED) is 0.314. The van der Waals surface area contributed by atoms with Gasteiger partial charge in [-0.2, -0.15) is 0 Å². The highest BCUT2D eigenvalue weighted by Gasteiger charge is 2.55. The van der Waals surface area contributed by atoms with Crippen LogP contribution in [-0.4, -0.2) is 62.2 Å². The lowest BCUT2D eigenvalue weighted by atomic mass is 10.1. The van der Waals surface area contributed by atoms with Crippen molar-refractivity contribution in [1.82, 2.24) is 0 Å². The van der Waals surface area contributed by atoms with Crippen LogP contribution in [0.25, 0.3) is 0 Å². The van der Waals surface area contributed by atoms with E-state index in [0.29, 0.717) is 0 Å². The second-order valence-corrected chi connectivity index (χ2v) is 2.82. The van der Waals surface area contributed by atoms with Crippen LogP contribution < -0.4 is 0 Å². The van der Waals surface area contributed by atoms with Gasteiger partial charge in [0.2, 0.25) is 5.79 Å². The Morgan fingerprint density at radius 2 is 2.00 bits per heavy atom. The molecular formula is C6H10O7. The number of aliphatic hydroxyl groups is 4. The van der Waals surface area contributed by atoms with Crippen LogP contribution in [0.3, 0.4) is 0 Å². The minimum Gasteiger partial charge on any atom is -0.479 e. The molecule has 5 N–H and O–H groups in total. The van der Waals surface area contributed by atoms with E-state index in [0.717, 1.165) is 0 Å². The van der Waals surface area contributed by atoms with Crippen molar-refractivity contribution in [3.8, 4) is 0 Å². The Bertz CT molecular complexity index is 217. The van der Waals surface area contributed by atoms with Gasteiger partial charge in [0.1, 0.15) is 12.2 Å². The van der Waals surface area contributed by atoms with Gasteiger partial charge in [-0.15, -0.1) is 0 Å². The first-order chi connectivity index (χ1) is 5.92. The molecule has 7 heteroatoms. The normalized spacial score (nSPS) is 45.1. The summed E-state index contributed by atoms with van der Waals surface area (Å²) in [6.07, 6.45) is -5.32. The van der Waals surface area contributed by atoms with Gasteiger partial charge in [-0.3, -0.25) is 0 Å². The Balaban J connectivity index is 2.84. The van der Waals surface area contributed by atoms with Crippen molar-refractivity contribution >= 4 is 5.97 Å². The molecule has 0 saturated carbocycles. The average Bonchev–Trinajstić information content (AvgIpc) is 2.31. The number of carboxylic acids is 1. The standard InChI is InChI=1S/C6H10O7/c7-1-6(12)4(9)2(8)3(13-6)5(10)11/h2-4,7-9,12H,1H2,(H,10,11). The number of aliphatic carboxylic acids is 1. The van der Waals surface area contributed by atoms with Crippen LogP contribution in [0.4, 0.5) is 0 Å². The first-order valence-electron chi connectivity index (χ1n) is 3.52. The minimum absolute atomic E-state index is 0.991. The number of ether oxygens (including phenoxy) is 1. The molecule has 13 heavy (non-hydrogen) atoms. The van der Waals surface area contributed by atoms with E-state index in [1.54, 1.807) is 0 Å². The summed E-state index contributed by atoms with van der Waals surface area (Å²) in [6.45, 7) is -0.991. The zero-order valence-corrected chi connectivity index (χ0v) is 6.49. The van der Waals surface area contributed by atoms with E-state index in [9.17, 15) is 9.90 Å². The molecule has 0 aliphatic carbocycles. The monoisotopic (exact) mass is 194 g/mol. The second kappa shape index (κ2) is 3.20. The molecule has 1 aliphatic rings. The van der Waals surface area contributed by atoms with E-state index in [1.807, 2.05) is 0 Å². The van der Waals surface area contributed by atoms with Crippen molar-refractivity contribution in [2.45, 2.75) is 24.1 Å². The highest BCUT2D eigenvalue weighted by molar-refractivity contribution is 5.73. The fraction of sp³-hybridized carbons (Fsp3) is 0.833. The van der Waals surface area contributed by atoms with Crippen LogP contribution in [0.15, 0.2) is 0 Å². The minimum atomic E-state index is -2.40. The highest BCUT2D eigenvalue weighted by Crippen LogP contribution is 2.28. The van der Waals surface area contributed by atoms with Gasteiger partial charge in [0.25, 0.3) is 0 Å². The number of rotatable bonds is 2. The number of hydrogen-bond donors (Lipinski definition) is 5. The third kappa shape index (κ3) is 1.52. The Morgan fingerprint density at radius 3 is 2.23 bits per heavy atom. The van der Waals surface area contributed by atoms with E-state index in [4.69, 9.17) is 20.4 Å². The van der Waals surface area contributed by atoms with Gasteiger partial charge < -0.3 is 30.3 Å². The average molecular weight is 194 g/mol. The maximum absolute atomic E-state index is 10.4. The molecule has 1 fully saturated rings. The van der Waals surface area contributed by atoms with E-state index in [1.165, 1.54) is 0 Å². The summed E-state index contributed by atoms with van der Waals surface area (Å²) in [5.74, 6) is -3.92. The predicted octanol–water partition coefficient (Wildman–Crippen LogP) is -3.13. The van der Waals surface area contributed by atoms with E-state index < -0.39 is 36.7 Å². The van der Waals surface area contributed by atoms with E-state index >= 15 is 0 Å². The summed E-state index contributed by atoms with van der Waals surface area (Å²) >= 11 is 0. The van der Waals surface area contributed by atoms with Crippen molar-refractivity contribution < 1.29 is 35.1 Å². The van der Waals surface area contributed by atoms with Crippen LogP contribution in [-0.2, 0) is 9.53 Å². The fourth-order valence-corrected chi connectivity index (χ4v) is 1.12. The molecule has 7 nitrogen and oxygen atoms in total. The predicted molar refractivity (Wildman–Crippen MR) is 36.6 cm³/mol. The molecule has 0 spiro atoms. The van der Waals surface area contributed by atoms with Crippen molar-refractivity contribution in [3.63, 3.8) is 0 Å². The van der Waals surface area contributed by atoms with Crippen LogP contribution in [0.5, 0.6) is 0 Å². The van der Waals surface area contributed by atoms with Crippen molar-refractivity contribution in [2.24, 2.45) is 0 Å². The lowest BCUT2D eigenvalue weighted by Gasteiger charge is -2.22. The lowest BCUT2D eigenvalue weighted by molar-refractivity contribution is -0.246. The molecule has 1 rings (SSSR count). The van der Waals surface area contributed by atoms with Gasteiger partial charge in [-0.05, 0) is 0 Å². The van der Waals surface area contributed by atoms with Crippen LogP contribution in [0, 0.1) is 0 Å². The first-order valence-corrected chi connectivity index (χ1v) is 3.52. The Hall–Kier alpha value is -0.730. The van der Waals surface area contributed by atoms with Crippen LogP contribution >= 0.6 is 0 Å².